The Morgan fingerprint density at radius 2 is 2.28 bits per heavy atom. The molecule has 1 aromatic heterocycles. The average Bonchev–Trinajstić information content (AvgIpc) is 2.76. The van der Waals surface area contributed by atoms with Crippen LogP contribution in [-0.2, 0) is 11.8 Å². The van der Waals surface area contributed by atoms with Gasteiger partial charge in [-0.1, -0.05) is 6.07 Å². The number of methoxy groups -OCH3 is 1. The lowest BCUT2D eigenvalue weighted by Crippen LogP contribution is -2.05. The number of carbonyl (C=O) groups is 1. The molecule has 0 atom stereocenters. The van der Waals surface area contributed by atoms with Crippen molar-refractivity contribution >= 4 is 23.4 Å². The summed E-state index contributed by atoms with van der Waals surface area (Å²) >= 11 is 1.28. The van der Waals surface area contributed by atoms with Gasteiger partial charge < -0.3 is 15.0 Å². The number of rotatable bonds is 3. The van der Waals surface area contributed by atoms with Gasteiger partial charge in [0.2, 0.25) is 0 Å². The van der Waals surface area contributed by atoms with Crippen LogP contribution in [0, 0.1) is 0 Å². The molecule has 0 aliphatic rings. The SMILES string of the molecule is COC(=O)c1cccc(N)c1Sc1nncn1C. The molecule has 0 fully saturated rings. The molecule has 1 heterocycles. The molecule has 18 heavy (non-hydrogen) atoms. The number of hydrogen-bond donors (Lipinski definition) is 1. The van der Waals surface area contributed by atoms with Crippen LogP contribution in [0.4, 0.5) is 5.69 Å². The first-order valence-corrected chi connectivity index (χ1v) is 5.93. The maximum Gasteiger partial charge on any atom is 0.339 e. The molecule has 0 amide bonds. The van der Waals surface area contributed by atoms with Crippen molar-refractivity contribution in [1.82, 2.24) is 14.8 Å². The van der Waals surface area contributed by atoms with Crippen LogP contribution in [-0.4, -0.2) is 27.8 Å². The Labute approximate surface area is 108 Å². The fourth-order valence-electron chi connectivity index (χ4n) is 1.40. The molecular weight excluding hydrogens is 252 g/mol. The Bertz CT molecular complexity index is 582. The van der Waals surface area contributed by atoms with E-state index in [0.717, 1.165) is 0 Å². The zero-order valence-electron chi connectivity index (χ0n) is 9.95. The molecule has 1 aromatic carbocycles. The Morgan fingerprint density at radius 1 is 1.50 bits per heavy atom. The number of carbonyl (C=O) groups excluding carboxylic acids is 1. The zero-order chi connectivity index (χ0) is 13.1. The first-order chi connectivity index (χ1) is 8.63. The number of ether oxygens (including phenoxy) is 1. The first-order valence-electron chi connectivity index (χ1n) is 5.12. The maximum atomic E-state index is 11.7. The van der Waals surface area contributed by atoms with Gasteiger partial charge in [0.1, 0.15) is 6.33 Å². The molecule has 0 saturated heterocycles. The largest absolute Gasteiger partial charge is 0.465 e. The smallest absolute Gasteiger partial charge is 0.339 e. The van der Waals surface area contributed by atoms with E-state index in [9.17, 15) is 4.79 Å². The van der Waals surface area contributed by atoms with Crippen LogP contribution in [0.15, 0.2) is 34.6 Å². The van der Waals surface area contributed by atoms with Crippen LogP contribution in [0.25, 0.3) is 0 Å². The van der Waals surface area contributed by atoms with Gasteiger partial charge in [-0.3, -0.25) is 0 Å². The van der Waals surface area contributed by atoms with Crippen LogP contribution in [0.1, 0.15) is 10.4 Å². The normalized spacial score (nSPS) is 10.3. The van der Waals surface area contributed by atoms with Crippen molar-refractivity contribution in [2.24, 2.45) is 7.05 Å². The summed E-state index contributed by atoms with van der Waals surface area (Å²) in [7, 11) is 3.15. The zero-order valence-corrected chi connectivity index (χ0v) is 10.8. The van der Waals surface area contributed by atoms with Gasteiger partial charge in [0.15, 0.2) is 5.16 Å². The molecular formula is C11H12N4O2S. The second-order valence-electron chi connectivity index (χ2n) is 3.54. The third kappa shape index (κ3) is 2.30. The highest BCUT2D eigenvalue weighted by atomic mass is 32.2. The summed E-state index contributed by atoms with van der Waals surface area (Å²) in [5.41, 5.74) is 6.82. The molecule has 2 aromatic rings. The van der Waals surface area contributed by atoms with E-state index in [1.165, 1.54) is 18.9 Å². The van der Waals surface area contributed by atoms with E-state index in [2.05, 4.69) is 10.2 Å². The Morgan fingerprint density at radius 3 is 2.89 bits per heavy atom. The second kappa shape index (κ2) is 5.09. The summed E-state index contributed by atoms with van der Waals surface area (Å²) in [6.45, 7) is 0. The Kier molecular flexibility index (Phi) is 3.52. The quantitative estimate of drug-likeness (QED) is 0.665. The van der Waals surface area contributed by atoms with E-state index >= 15 is 0 Å². The standard InChI is InChI=1S/C11H12N4O2S/c1-15-6-13-14-11(15)18-9-7(10(16)17-2)4-3-5-8(9)12/h3-6H,12H2,1-2H3. The lowest BCUT2D eigenvalue weighted by Gasteiger charge is -2.09. The highest BCUT2D eigenvalue weighted by Crippen LogP contribution is 2.33. The number of aryl methyl sites for hydroxylation is 1. The topological polar surface area (TPSA) is 83.0 Å². The van der Waals surface area contributed by atoms with E-state index in [1.807, 2.05) is 7.05 Å². The molecule has 0 saturated carbocycles. The summed E-state index contributed by atoms with van der Waals surface area (Å²) in [5, 5.41) is 8.38. The number of hydrogen-bond acceptors (Lipinski definition) is 6. The summed E-state index contributed by atoms with van der Waals surface area (Å²) in [5.74, 6) is -0.424. The minimum atomic E-state index is -0.424. The van der Waals surface area contributed by atoms with Crippen LogP contribution in [0.5, 0.6) is 0 Å². The molecule has 0 unspecified atom stereocenters. The van der Waals surface area contributed by atoms with Gasteiger partial charge in [-0.2, -0.15) is 0 Å². The van der Waals surface area contributed by atoms with Gasteiger partial charge in [-0.25, -0.2) is 4.79 Å². The number of nitrogen functional groups attached to an aromatic ring is 1. The Balaban J connectivity index is 2.43. The van der Waals surface area contributed by atoms with Crippen molar-refractivity contribution in [3.05, 3.63) is 30.1 Å². The van der Waals surface area contributed by atoms with Crippen molar-refractivity contribution in [2.45, 2.75) is 10.1 Å². The molecule has 0 radical (unpaired) electrons. The van der Waals surface area contributed by atoms with Crippen molar-refractivity contribution in [3.63, 3.8) is 0 Å². The number of nitrogens with two attached hydrogens (primary N) is 1. The van der Waals surface area contributed by atoms with Crippen molar-refractivity contribution in [2.75, 3.05) is 12.8 Å². The average molecular weight is 264 g/mol. The minimum Gasteiger partial charge on any atom is -0.465 e. The summed E-state index contributed by atoms with van der Waals surface area (Å²) in [6, 6.07) is 5.11. The van der Waals surface area contributed by atoms with E-state index in [-0.39, 0.29) is 0 Å². The summed E-state index contributed by atoms with van der Waals surface area (Å²) in [4.78, 5) is 12.3. The monoisotopic (exact) mass is 264 g/mol. The van der Waals surface area contributed by atoms with Crippen molar-refractivity contribution in [1.29, 1.82) is 0 Å². The third-order valence-electron chi connectivity index (χ3n) is 2.31. The predicted octanol–water partition coefficient (Wildman–Crippen LogP) is 1.34. The number of nitrogens with zero attached hydrogens (tertiary/aromatic N) is 3. The number of anilines is 1. The number of benzene rings is 1. The molecule has 0 bridgehead atoms. The van der Waals surface area contributed by atoms with Gasteiger partial charge in [0.05, 0.1) is 17.6 Å². The molecule has 0 aliphatic heterocycles. The van der Waals surface area contributed by atoms with Crippen LogP contribution in [0.3, 0.4) is 0 Å². The highest BCUT2D eigenvalue weighted by molar-refractivity contribution is 7.99. The fourth-order valence-corrected chi connectivity index (χ4v) is 2.30. The highest BCUT2D eigenvalue weighted by Gasteiger charge is 2.17. The Hall–Kier alpha value is -2.02. The lowest BCUT2D eigenvalue weighted by atomic mass is 10.2. The minimum absolute atomic E-state index is 0.422. The van der Waals surface area contributed by atoms with E-state index < -0.39 is 5.97 Å². The van der Waals surface area contributed by atoms with Gasteiger partial charge in [0.25, 0.3) is 0 Å². The van der Waals surface area contributed by atoms with E-state index in [0.29, 0.717) is 21.3 Å². The van der Waals surface area contributed by atoms with Crippen LogP contribution in [0.2, 0.25) is 0 Å². The summed E-state index contributed by atoms with van der Waals surface area (Å²) < 4.78 is 6.48. The second-order valence-corrected chi connectivity index (χ2v) is 4.52. The molecule has 6 nitrogen and oxygen atoms in total. The van der Waals surface area contributed by atoms with Crippen LogP contribution >= 0.6 is 11.8 Å². The number of esters is 1. The molecule has 2 N–H and O–H groups in total. The number of aromatic nitrogens is 3. The lowest BCUT2D eigenvalue weighted by molar-refractivity contribution is 0.0597. The van der Waals surface area contributed by atoms with E-state index in [4.69, 9.17) is 10.5 Å². The summed E-state index contributed by atoms with van der Waals surface area (Å²) in [6.07, 6.45) is 1.58. The predicted molar refractivity (Wildman–Crippen MR) is 67.3 cm³/mol. The van der Waals surface area contributed by atoms with Crippen LogP contribution < -0.4 is 5.73 Å². The molecule has 0 aliphatic carbocycles. The molecule has 2 rings (SSSR count). The van der Waals surface area contributed by atoms with Crippen molar-refractivity contribution < 1.29 is 9.53 Å². The molecule has 94 valence electrons. The van der Waals surface area contributed by atoms with Gasteiger partial charge >= 0.3 is 5.97 Å². The van der Waals surface area contributed by atoms with Gasteiger partial charge in [-0.05, 0) is 23.9 Å². The van der Waals surface area contributed by atoms with E-state index in [1.54, 1.807) is 29.1 Å². The molecule has 7 heteroatoms. The fraction of sp³-hybridized carbons (Fsp3) is 0.182. The third-order valence-corrected chi connectivity index (χ3v) is 3.53. The van der Waals surface area contributed by atoms with Gasteiger partial charge in [0, 0.05) is 12.7 Å². The van der Waals surface area contributed by atoms with Gasteiger partial charge in [-0.15, -0.1) is 10.2 Å². The van der Waals surface area contributed by atoms with Crippen molar-refractivity contribution in [3.8, 4) is 0 Å². The molecule has 0 spiro atoms. The first kappa shape index (κ1) is 12.4. The maximum absolute atomic E-state index is 11.7.